The Morgan fingerprint density at radius 1 is 1.31 bits per heavy atom. The molecule has 0 N–H and O–H groups in total. The molecule has 1 aliphatic carbocycles. The van der Waals surface area contributed by atoms with E-state index in [2.05, 4.69) is 19.1 Å². The molecule has 0 aromatic heterocycles. The summed E-state index contributed by atoms with van der Waals surface area (Å²) in [5.41, 5.74) is 4.42. The fraction of sp³-hybridized carbons (Fsp3) is 0.417. The predicted molar refractivity (Wildman–Crippen MR) is 51.0 cm³/mol. The first-order valence-corrected chi connectivity index (χ1v) is 4.72. The molecule has 0 fully saturated rings. The quantitative estimate of drug-likeness (QED) is 0.689. The molecule has 0 nitrogen and oxygen atoms in total. The Morgan fingerprint density at radius 2 is 2.08 bits per heavy atom. The van der Waals surface area contributed by atoms with E-state index in [9.17, 15) is 0 Å². The van der Waals surface area contributed by atoms with Crippen LogP contribution in [0.5, 0.6) is 0 Å². The average Bonchev–Trinajstić information content (AvgIpc) is 2.17. The van der Waals surface area contributed by atoms with Crippen LogP contribution in [0.25, 0.3) is 0 Å². The average molecular weight is 342 g/mol. The molecule has 0 bridgehead atoms. The Bertz CT molecular complexity index is 264. The first-order valence-electron chi connectivity index (χ1n) is 4.72. The molecule has 0 saturated carbocycles. The molecule has 1 heteroatoms. The second-order valence-corrected chi connectivity index (χ2v) is 3.42. The van der Waals surface area contributed by atoms with Gasteiger partial charge in [-0.25, -0.2) is 0 Å². The minimum Gasteiger partial charge on any atom is -0.341 e. The maximum absolute atomic E-state index is 3.93. The van der Waals surface area contributed by atoms with E-state index < -0.39 is 0 Å². The molecule has 1 aromatic rings. The van der Waals surface area contributed by atoms with Crippen LogP contribution in [0, 0.1) is 13.0 Å². The molecule has 0 atom stereocenters. The summed E-state index contributed by atoms with van der Waals surface area (Å²) in [6.07, 6.45) is 6.10. The van der Waals surface area contributed by atoms with Gasteiger partial charge in [0.15, 0.2) is 0 Å². The van der Waals surface area contributed by atoms with Gasteiger partial charge in [-0.3, -0.25) is 0 Å². The topological polar surface area (TPSA) is 0 Å². The molecule has 1 aromatic carbocycles. The Kier molecular flexibility index (Phi) is 4.19. The zero-order valence-corrected chi connectivity index (χ0v) is 10.7. The van der Waals surface area contributed by atoms with Gasteiger partial charge in [0.25, 0.3) is 0 Å². The zero-order valence-electron chi connectivity index (χ0n) is 7.81. The van der Waals surface area contributed by atoms with Crippen LogP contribution in [0.2, 0.25) is 0 Å². The van der Waals surface area contributed by atoms with Crippen molar-refractivity contribution < 1.29 is 21.1 Å². The van der Waals surface area contributed by atoms with Gasteiger partial charge in [-0.15, -0.1) is 0 Å². The van der Waals surface area contributed by atoms with E-state index in [0.29, 0.717) is 0 Å². The largest absolute Gasteiger partial charge is 2.00 e. The summed E-state index contributed by atoms with van der Waals surface area (Å²) in [7, 11) is 0. The van der Waals surface area contributed by atoms with Crippen molar-refractivity contribution in [3.8, 4) is 0 Å². The van der Waals surface area contributed by atoms with Crippen molar-refractivity contribution in [1.82, 2.24) is 0 Å². The van der Waals surface area contributed by atoms with Crippen molar-refractivity contribution in [3.05, 3.63) is 41.8 Å². The summed E-state index contributed by atoms with van der Waals surface area (Å²) in [6, 6.07) is 7.55. The third kappa shape index (κ3) is 2.23. The minimum absolute atomic E-state index is 0. The molecule has 0 unspecified atom stereocenters. The standard InChI is InChI=1S/C12H14.W/c1-2-10-7-5-8-11-6-3-4-9-12(10)11;/h5,8H,1-4,6,9H2;/q-2;+2. The molecule has 1 aliphatic rings. The molecule has 68 valence electrons. The number of aryl methyl sites for hydroxylation is 1. The van der Waals surface area contributed by atoms with Gasteiger partial charge in [0, 0.05) is 0 Å². The van der Waals surface area contributed by atoms with Crippen LogP contribution >= 0.6 is 0 Å². The van der Waals surface area contributed by atoms with Crippen LogP contribution in [0.15, 0.2) is 12.1 Å². The molecular weight excluding hydrogens is 328 g/mol. The van der Waals surface area contributed by atoms with Crippen LogP contribution < -0.4 is 0 Å². The van der Waals surface area contributed by atoms with Crippen molar-refractivity contribution in [1.29, 1.82) is 0 Å². The van der Waals surface area contributed by atoms with E-state index in [1.54, 1.807) is 11.1 Å². The van der Waals surface area contributed by atoms with Crippen molar-refractivity contribution in [3.63, 3.8) is 0 Å². The Labute approximate surface area is 95.0 Å². The third-order valence-electron chi connectivity index (χ3n) is 2.67. The second-order valence-electron chi connectivity index (χ2n) is 3.42. The summed E-state index contributed by atoms with van der Waals surface area (Å²) in [6.45, 7) is 3.93. The van der Waals surface area contributed by atoms with Gasteiger partial charge < -0.3 is 6.92 Å². The van der Waals surface area contributed by atoms with Crippen molar-refractivity contribution in [2.75, 3.05) is 0 Å². The molecule has 0 aliphatic heterocycles. The normalized spacial score (nSPS) is 14.5. The molecule has 0 amide bonds. The van der Waals surface area contributed by atoms with Gasteiger partial charge >= 0.3 is 21.1 Å². The van der Waals surface area contributed by atoms with Crippen molar-refractivity contribution in [2.45, 2.75) is 32.1 Å². The van der Waals surface area contributed by atoms with Gasteiger partial charge in [0.2, 0.25) is 0 Å². The third-order valence-corrected chi connectivity index (χ3v) is 2.67. The van der Waals surface area contributed by atoms with E-state index >= 15 is 0 Å². The number of fused-ring (bicyclic) bond motifs is 1. The molecule has 13 heavy (non-hydrogen) atoms. The van der Waals surface area contributed by atoms with Gasteiger partial charge in [-0.2, -0.15) is 41.3 Å². The fourth-order valence-corrected chi connectivity index (χ4v) is 2.01. The Balaban J connectivity index is 0.000000845. The monoisotopic (exact) mass is 342 g/mol. The van der Waals surface area contributed by atoms with E-state index in [0.717, 1.165) is 6.42 Å². The second kappa shape index (κ2) is 4.96. The summed E-state index contributed by atoms with van der Waals surface area (Å²) >= 11 is 0. The predicted octanol–water partition coefficient (Wildman–Crippen LogP) is 2.74. The van der Waals surface area contributed by atoms with Crippen molar-refractivity contribution in [2.24, 2.45) is 0 Å². The number of benzene rings is 1. The minimum atomic E-state index is 0. The SMILES string of the molecule is [CH2-]Cc1[c-]ccc2c1CCCC2.[W+2]. The maximum atomic E-state index is 3.93. The van der Waals surface area contributed by atoms with E-state index in [-0.39, 0.29) is 21.1 Å². The maximum Gasteiger partial charge on any atom is 2.00 e. The van der Waals surface area contributed by atoms with Crippen LogP contribution in [0.3, 0.4) is 0 Å². The molecule has 0 saturated heterocycles. The first-order chi connectivity index (χ1) is 5.92. The number of hydrogen-bond acceptors (Lipinski definition) is 0. The summed E-state index contributed by atoms with van der Waals surface area (Å²) in [5, 5.41) is 0. The molecular formula is C12H14W. The van der Waals surface area contributed by atoms with E-state index in [4.69, 9.17) is 0 Å². The first kappa shape index (κ1) is 11.0. The Hall–Kier alpha value is -0.0917. The summed E-state index contributed by atoms with van der Waals surface area (Å²) in [5.74, 6) is 0. The number of hydrogen-bond donors (Lipinski definition) is 0. The van der Waals surface area contributed by atoms with Gasteiger partial charge in [0.05, 0.1) is 0 Å². The van der Waals surface area contributed by atoms with Gasteiger partial charge in [0.1, 0.15) is 0 Å². The molecule has 0 radical (unpaired) electrons. The van der Waals surface area contributed by atoms with Gasteiger partial charge in [-0.1, -0.05) is 25.7 Å². The Morgan fingerprint density at radius 3 is 2.85 bits per heavy atom. The van der Waals surface area contributed by atoms with Crippen LogP contribution in [-0.4, -0.2) is 0 Å². The van der Waals surface area contributed by atoms with Crippen molar-refractivity contribution >= 4 is 0 Å². The van der Waals surface area contributed by atoms with E-state index in [1.165, 1.54) is 31.2 Å². The van der Waals surface area contributed by atoms with Crippen LogP contribution in [0.1, 0.15) is 29.5 Å². The fourth-order valence-electron chi connectivity index (χ4n) is 2.01. The van der Waals surface area contributed by atoms with Gasteiger partial charge in [-0.05, 0) is 0 Å². The zero-order chi connectivity index (χ0) is 8.39. The molecule has 2 rings (SSSR count). The smallest absolute Gasteiger partial charge is 0.341 e. The molecule has 0 heterocycles. The summed E-state index contributed by atoms with van der Waals surface area (Å²) < 4.78 is 0. The van der Waals surface area contributed by atoms with Crippen LogP contribution in [-0.2, 0) is 40.3 Å². The molecule has 0 spiro atoms. The van der Waals surface area contributed by atoms with Crippen LogP contribution in [0.4, 0.5) is 0 Å². The van der Waals surface area contributed by atoms with E-state index in [1.807, 2.05) is 6.07 Å². The summed E-state index contributed by atoms with van der Waals surface area (Å²) in [4.78, 5) is 0. The number of rotatable bonds is 1.